The number of carbonyl (C=O) groups is 1. The number of piperidine rings is 1. The standard InChI is InChI=1S/C19H21ClN4O3/c20-15-4-2-1-3-14(15)13-21-17-6-5-16(22-23-17)18(25)24-9-7-19(8-10-24)26-11-12-27-19/h1-6H,7-13H2,(H,21,23). The molecule has 2 aromatic rings. The van der Waals surface area contributed by atoms with Crippen LogP contribution in [-0.2, 0) is 16.0 Å². The summed E-state index contributed by atoms with van der Waals surface area (Å²) in [6.45, 7) is 2.97. The first kappa shape index (κ1) is 18.2. The van der Waals surface area contributed by atoms with E-state index in [0.717, 1.165) is 5.56 Å². The van der Waals surface area contributed by atoms with Gasteiger partial charge in [0.25, 0.3) is 5.91 Å². The molecule has 1 spiro atoms. The summed E-state index contributed by atoms with van der Waals surface area (Å²) in [6, 6.07) is 11.1. The number of rotatable bonds is 4. The first-order chi connectivity index (χ1) is 13.2. The second-order valence-corrected chi connectivity index (χ2v) is 7.06. The SMILES string of the molecule is O=C(c1ccc(NCc2ccccc2Cl)nn1)N1CCC2(CC1)OCCO2. The van der Waals surface area contributed by atoms with Gasteiger partial charge in [-0.3, -0.25) is 4.79 Å². The molecule has 4 rings (SSSR count). The smallest absolute Gasteiger partial charge is 0.274 e. The lowest BCUT2D eigenvalue weighted by atomic mass is 10.0. The van der Waals surface area contributed by atoms with Crippen molar-refractivity contribution in [1.82, 2.24) is 15.1 Å². The molecule has 0 bridgehead atoms. The van der Waals surface area contributed by atoms with Gasteiger partial charge in [-0.15, -0.1) is 10.2 Å². The zero-order valence-electron chi connectivity index (χ0n) is 14.9. The Morgan fingerprint density at radius 3 is 2.52 bits per heavy atom. The van der Waals surface area contributed by atoms with Gasteiger partial charge in [-0.25, -0.2) is 0 Å². The van der Waals surface area contributed by atoms with E-state index >= 15 is 0 Å². The Morgan fingerprint density at radius 1 is 1.11 bits per heavy atom. The van der Waals surface area contributed by atoms with Crippen LogP contribution in [0.3, 0.4) is 0 Å². The second kappa shape index (κ2) is 7.80. The Kier molecular flexibility index (Phi) is 5.24. The predicted octanol–water partition coefficient (Wildman–Crippen LogP) is 2.72. The molecule has 2 aliphatic heterocycles. The summed E-state index contributed by atoms with van der Waals surface area (Å²) in [5, 5.41) is 12.0. The van der Waals surface area contributed by atoms with Crippen LogP contribution >= 0.6 is 11.6 Å². The average Bonchev–Trinajstić information content (AvgIpc) is 3.16. The van der Waals surface area contributed by atoms with E-state index in [2.05, 4.69) is 15.5 Å². The molecule has 3 heterocycles. The molecular formula is C19H21ClN4O3. The number of carbonyl (C=O) groups excluding carboxylic acids is 1. The summed E-state index contributed by atoms with van der Waals surface area (Å²) in [4.78, 5) is 14.4. The Balaban J connectivity index is 1.33. The largest absolute Gasteiger partial charge is 0.364 e. The molecule has 0 saturated carbocycles. The summed E-state index contributed by atoms with van der Waals surface area (Å²) in [5.74, 6) is -0.0144. The normalized spacial score (nSPS) is 18.6. The Hall–Kier alpha value is -2.22. The van der Waals surface area contributed by atoms with Gasteiger partial charge in [0.1, 0.15) is 5.82 Å². The lowest BCUT2D eigenvalue weighted by Gasteiger charge is -2.37. The number of aromatic nitrogens is 2. The van der Waals surface area contributed by atoms with Gasteiger partial charge in [-0.05, 0) is 23.8 Å². The van der Waals surface area contributed by atoms with Crippen molar-refractivity contribution in [3.63, 3.8) is 0 Å². The molecule has 1 N–H and O–H groups in total. The molecule has 1 amide bonds. The first-order valence-corrected chi connectivity index (χ1v) is 9.41. The van der Waals surface area contributed by atoms with Crippen molar-refractivity contribution >= 4 is 23.3 Å². The maximum absolute atomic E-state index is 12.6. The molecule has 2 aliphatic rings. The van der Waals surface area contributed by atoms with Gasteiger partial charge in [0.2, 0.25) is 0 Å². The number of amides is 1. The Morgan fingerprint density at radius 2 is 1.85 bits per heavy atom. The van der Waals surface area contributed by atoms with E-state index in [1.54, 1.807) is 17.0 Å². The van der Waals surface area contributed by atoms with Gasteiger partial charge in [0, 0.05) is 37.5 Å². The van der Waals surface area contributed by atoms with Crippen LogP contribution in [0.1, 0.15) is 28.9 Å². The first-order valence-electron chi connectivity index (χ1n) is 9.03. The molecule has 2 saturated heterocycles. The van der Waals surface area contributed by atoms with Crippen molar-refractivity contribution in [2.24, 2.45) is 0 Å². The van der Waals surface area contributed by atoms with E-state index in [9.17, 15) is 4.79 Å². The number of nitrogens with zero attached hydrogens (tertiary/aromatic N) is 3. The summed E-state index contributed by atoms with van der Waals surface area (Å²) in [7, 11) is 0. The van der Waals surface area contributed by atoms with Crippen LogP contribution in [0, 0.1) is 0 Å². The summed E-state index contributed by atoms with van der Waals surface area (Å²) in [6.07, 6.45) is 1.37. The maximum Gasteiger partial charge on any atom is 0.274 e. The molecule has 0 aliphatic carbocycles. The van der Waals surface area contributed by atoms with Gasteiger partial charge in [-0.2, -0.15) is 0 Å². The van der Waals surface area contributed by atoms with Gasteiger partial charge in [0.15, 0.2) is 11.5 Å². The predicted molar refractivity (Wildman–Crippen MR) is 101 cm³/mol. The van der Waals surface area contributed by atoms with E-state index in [4.69, 9.17) is 21.1 Å². The third-order valence-electron chi connectivity index (χ3n) is 4.93. The van der Waals surface area contributed by atoms with Crippen LogP contribution < -0.4 is 5.32 Å². The van der Waals surface area contributed by atoms with Crippen LogP contribution in [-0.4, -0.2) is 53.1 Å². The highest BCUT2D eigenvalue weighted by Crippen LogP contribution is 2.31. The summed E-state index contributed by atoms with van der Waals surface area (Å²) < 4.78 is 11.4. The minimum atomic E-state index is -0.491. The highest BCUT2D eigenvalue weighted by Gasteiger charge is 2.41. The lowest BCUT2D eigenvalue weighted by molar-refractivity contribution is -0.181. The molecular weight excluding hydrogens is 368 g/mol. The van der Waals surface area contributed by atoms with Crippen molar-refractivity contribution < 1.29 is 14.3 Å². The summed E-state index contributed by atoms with van der Waals surface area (Å²) in [5.41, 5.74) is 1.31. The zero-order chi connectivity index (χ0) is 18.7. The molecule has 8 heteroatoms. The van der Waals surface area contributed by atoms with Gasteiger partial charge in [-0.1, -0.05) is 29.8 Å². The molecule has 2 fully saturated rings. The van der Waals surface area contributed by atoms with Crippen LogP contribution in [0.5, 0.6) is 0 Å². The molecule has 1 aromatic heterocycles. The molecule has 1 aromatic carbocycles. The lowest BCUT2D eigenvalue weighted by Crippen LogP contribution is -2.47. The quantitative estimate of drug-likeness (QED) is 0.867. The molecule has 0 unspecified atom stereocenters. The molecule has 0 atom stereocenters. The second-order valence-electron chi connectivity index (χ2n) is 6.65. The number of nitrogens with one attached hydrogen (secondary N) is 1. The fourth-order valence-corrected chi connectivity index (χ4v) is 3.57. The number of halogens is 1. The fourth-order valence-electron chi connectivity index (χ4n) is 3.37. The van der Waals surface area contributed by atoms with Gasteiger partial charge < -0.3 is 19.7 Å². The van der Waals surface area contributed by atoms with Crippen LogP contribution in [0.2, 0.25) is 5.02 Å². The number of anilines is 1. The van der Waals surface area contributed by atoms with Crippen LogP contribution in [0.15, 0.2) is 36.4 Å². The van der Waals surface area contributed by atoms with Crippen molar-refractivity contribution in [1.29, 1.82) is 0 Å². The van der Waals surface area contributed by atoms with E-state index in [1.165, 1.54) is 0 Å². The zero-order valence-corrected chi connectivity index (χ0v) is 15.6. The number of likely N-dealkylation sites (tertiary alicyclic amines) is 1. The van der Waals surface area contributed by atoms with Crippen molar-refractivity contribution in [2.75, 3.05) is 31.6 Å². The van der Waals surface area contributed by atoms with Crippen molar-refractivity contribution in [3.8, 4) is 0 Å². The van der Waals surface area contributed by atoms with E-state index in [1.807, 2.05) is 24.3 Å². The number of hydrogen-bond donors (Lipinski definition) is 1. The topological polar surface area (TPSA) is 76.6 Å². The highest BCUT2D eigenvalue weighted by molar-refractivity contribution is 6.31. The number of ether oxygens (including phenoxy) is 2. The molecule has 0 radical (unpaired) electrons. The monoisotopic (exact) mass is 388 g/mol. The maximum atomic E-state index is 12.6. The number of benzene rings is 1. The van der Waals surface area contributed by atoms with E-state index in [0.29, 0.717) is 62.2 Å². The van der Waals surface area contributed by atoms with Crippen molar-refractivity contribution in [3.05, 3.63) is 52.7 Å². The molecule has 27 heavy (non-hydrogen) atoms. The third kappa shape index (κ3) is 4.05. The van der Waals surface area contributed by atoms with Crippen LogP contribution in [0.25, 0.3) is 0 Å². The fraction of sp³-hybridized carbons (Fsp3) is 0.421. The Labute approximate surface area is 162 Å². The third-order valence-corrected chi connectivity index (χ3v) is 5.30. The van der Waals surface area contributed by atoms with E-state index < -0.39 is 5.79 Å². The summed E-state index contributed by atoms with van der Waals surface area (Å²) >= 11 is 6.14. The van der Waals surface area contributed by atoms with Crippen molar-refractivity contribution in [2.45, 2.75) is 25.2 Å². The Bertz CT molecular complexity index is 799. The molecule has 7 nitrogen and oxygen atoms in total. The van der Waals surface area contributed by atoms with E-state index in [-0.39, 0.29) is 5.91 Å². The minimum absolute atomic E-state index is 0.118. The average molecular weight is 389 g/mol. The van der Waals surface area contributed by atoms with Gasteiger partial charge >= 0.3 is 0 Å². The number of hydrogen-bond acceptors (Lipinski definition) is 6. The van der Waals surface area contributed by atoms with Crippen LogP contribution in [0.4, 0.5) is 5.82 Å². The molecule has 142 valence electrons. The van der Waals surface area contributed by atoms with Gasteiger partial charge in [0.05, 0.1) is 13.2 Å². The highest BCUT2D eigenvalue weighted by atomic mass is 35.5. The minimum Gasteiger partial charge on any atom is -0.364 e.